The lowest BCUT2D eigenvalue weighted by molar-refractivity contribution is -0.144. The summed E-state index contributed by atoms with van der Waals surface area (Å²) < 4.78 is 5.45. The molecule has 2 rings (SSSR count). The van der Waals surface area contributed by atoms with E-state index in [0.29, 0.717) is 12.2 Å². The largest absolute Gasteiger partial charge is 0.444 e. The van der Waals surface area contributed by atoms with Gasteiger partial charge in [0.2, 0.25) is 11.8 Å². The lowest BCUT2D eigenvalue weighted by Gasteiger charge is -2.37. The van der Waals surface area contributed by atoms with E-state index in [1.807, 2.05) is 58.2 Å². The molecule has 0 aromatic heterocycles. The van der Waals surface area contributed by atoms with Crippen molar-refractivity contribution in [3.8, 4) is 0 Å². The van der Waals surface area contributed by atoms with E-state index in [0.717, 1.165) is 17.5 Å². The molecular weight excluding hydrogens is 462 g/mol. The fourth-order valence-corrected chi connectivity index (χ4v) is 4.52. The van der Waals surface area contributed by atoms with Gasteiger partial charge in [-0.2, -0.15) is 11.8 Å². The first-order chi connectivity index (χ1) is 16.1. The molecule has 8 heteroatoms. The maximum absolute atomic E-state index is 14.1. The molecule has 3 amide bonds. The first-order valence-corrected chi connectivity index (χ1v) is 13.7. The van der Waals surface area contributed by atoms with Crippen LogP contribution < -0.4 is 10.6 Å². The summed E-state index contributed by atoms with van der Waals surface area (Å²) in [4.78, 5) is 42.2. The zero-order valence-corrected chi connectivity index (χ0v) is 23.5. The Morgan fingerprint density at radius 2 is 1.74 bits per heavy atom. The number of hydrogen-bond acceptors (Lipinski definition) is 5. The second-order valence-electron chi connectivity index (χ2n) is 11.5. The predicted molar refractivity (Wildman–Crippen MR) is 142 cm³/mol. The monoisotopic (exact) mass is 505 g/mol. The Kier molecular flexibility index (Phi) is 9.68. The van der Waals surface area contributed by atoms with Crippen molar-refractivity contribution < 1.29 is 19.1 Å². The molecule has 2 N–H and O–H groups in total. The number of benzene rings is 1. The zero-order valence-electron chi connectivity index (χ0n) is 22.7. The predicted octanol–water partition coefficient (Wildman–Crippen LogP) is 4.83. The summed E-state index contributed by atoms with van der Waals surface area (Å²) in [5.41, 5.74) is 0.587. The number of nitrogens with one attached hydrogen (secondary N) is 2. The van der Waals surface area contributed by atoms with E-state index >= 15 is 0 Å². The number of ether oxygens (including phenoxy) is 1. The molecule has 0 spiro atoms. The minimum atomic E-state index is -0.796. The highest BCUT2D eigenvalue weighted by atomic mass is 32.2. The summed E-state index contributed by atoms with van der Waals surface area (Å²) in [6.45, 7) is 15.2. The molecule has 1 saturated carbocycles. The standard InChI is InChI=1S/C27H43N3O4S/c1-17-12-10-11-13-19(17)22(23(31)29-26(3,4)5)30(21-16-18(21)2)24(32)20(14-15-35-9)28-25(33)34-27(6,7)8/h10-13,18,20-22H,14-16H2,1-9H3,(H,28,33)(H,29,31). The number of amides is 3. The third-order valence-corrected chi connectivity index (χ3v) is 6.43. The van der Waals surface area contributed by atoms with E-state index in [2.05, 4.69) is 17.6 Å². The molecule has 0 radical (unpaired) electrons. The molecule has 4 unspecified atom stereocenters. The van der Waals surface area contributed by atoms with Gasteiger partial charge in [-0.25, -0.2) is 4.79 Å². The molecule has 0 aliphatic heterocycles. The summed E-state index contributed by atoms with van der Waals surface area (Å²) in [6.07, 6.45) is 2.59. The number of hydrogen-bond donors (Lipinski definition) is 2. The topological polar surface area (TPSA) is 87.7 Å². The van der Waals surface area contributed by atoms with Crippen LogP contribution in [-0.2, 0) is 14.3 Å². The summed E-state index contributed by atoms with van der Waals surface area (Å²) in [5, 5.41) is 5.88. The molecule has 4 atom stereocenters. The zero-order chi connectivity index (χ0) is 26.6. The van der Waals surface area contributed by atoms with Crippen LogP contribution in [0.15, 0.2) is 24.3 Å². The van der Waals surface area contributed by atoms with Crippen LogP contribution in [0.25, 0.3) is 0 Å². The molecule has 7 nitrogen and oxygen atoms in total. The van der Waals surface area contributed by atoms with Crippen LogP contribution >= 0.6 is 11.8 Å². The normalized spacial score (nSPS) is 19.3. The lowest BCUT2D eigenvalue weighted by atomic mass is 9.96. The minimum absolute atomic E-state index is 0.0740. The summed E-state index contributed by atoms with van der Waals surface area (Å²) in [6, 6.07) is 6.02. The number of alkyl carbamates (subject to hydrolysis) is 1. The highest BCUT2D eigenvalue weighted by Gasteiger charge is 2.48. The summed E-state index contributed by atoms with van der Waals surface area (Å²) in [7, 11) is 0. The van der Waals surface area contributed by atoms with E-state index in [9.17, 15) is 14.4 Å². The number of nitrogens with zero attached hydrogens (tertiary/aromatic N) is 1. The van der Waals surface area contributed by atoms with Gasteiger partial charge in [0.1, 0.15) is 17.7 Å². The molecule has 1 aromatic carbocycles. The number of rotatable bonds is 9. The van der Waals surface area contributed by atoms with E-state index in [1.165, 1.54) is 0 Å². The first-order valence-electron chi connectivity index (χ1n) is 12.3. The molecule has 1 aromatic rings. The van der Waals surface area contributed by atoms with Crippen molar-refractivity contribution >= 4 is 29.7 Å². The van der Waals surface area contributed by atoms with Gasteiger partial charge in [0.05, 0.1) is 0 Å². The van der Waals surface area contributed by atoms with Crippen molar-refractivity contribution in [1.82, 2.24) is 15.5 Å². The van der Waals surface area contributed by atoms with Crippen LogP contribution in [0.4, 0.5) is 4.79 Å². The van der Waals surface area contributed by atoms with Crippen molar-refractivity contribution in [1.29, 1.82) is 0 Å². The summed E-state index contributed by atoms with van der Waals surface area (Å²) >= 11 is 1.60. The van der Waals surface area contributed by atoms with Crippen LogP contribution in [0, 0.1) is 12.8 Å². The van der Waals surface area contributed by atoms with Crippen LogP contribution in [0.2, 0.25) is 0 Å². The van der Waals surface area contributed by atoms with Gasteiger partial charge in [-0.05, 0) is 90.4 Å². The Hall–Kier alpha value is -2.22. The lowest BCUT2D eigenvalue weighted by Crippen LogP contribution is -2.55. The Balaban J connectivity index is 2.50. The van der Waals surface area contributed by atoms with Gasteiger partial charge in [0.15, 0.2) is 0 Å². The molecule has 1 aliphatic carbocycles. The third kappa shape index (κ3) is 8.74. The first kappa shape index (κ1) is 29.0. The van der Waals surface area contributed by atoms with Gasteiger partial charge in [0, 0.05) is 11.6 Å². The number of thioether (sulfide) groups is 1. The van der Waals surface area contributed by atoms with Crippen molar-refractivity contribution in [2.75, 3.05) is 12.0 Å². The summed E-state index contributed by atoms with van der Waals surface area (Å²) in [5.74, 6) is 0.482. The van der Waals surface area contributed by atoms with Crippen molar-refractivity contribution in [3.05, 3.63) is 35.4 Å². The Labute approximate surface area is 215 Å². The van der Waals surface area contributed by atoms with Gasteiger partial charge in [-0.15, -0.1) is 0 Å². The Morgan fingerprint density at radius 1 is 1.14 bits per heavy atom. The fourth-order valence-electron chi connectivity index (χ4n) is 4.04. The minimum Gasteiger partial charge on any atom is -0.444 e. The molecule has 35 heavy (non-hydrogen) atoms. The Bertz CT molecular complexity index is 906. The maximum Gasteiger partial charge on any atom is 0.408 e. The number of carbonyl (C=O) groups excluding carboxylic acids is 3. The van der Waals surface area contributed by atoms with Crippen molar-refractivity contribution in [3.63, 3.8) is 0 Å². The molecule has 0 saturated heterocycles. The second-order valence-corrected chi connectivity index (χ2v) is 12.5. The highest BCUT2D eigenvalue weighted by Crippen LogP contribution is 2.41. The highest BCUT2D eigenvalue weighted by molar-refractivity contribution is 7.98. The quantitative estimate of drug-likeness (QED) is 0.502. The van der Waals surface area contributed by atoms with Crippen LogP contribution in [0.3, 0.4) is 0 Å². The van der Waals surface area contributed by atoms with Crippen LogP contribution in [0.5, 0.6) is 0 Å². The molecule has 1 aliphatic rings. The van der Waals surface area contributed by atoms with Crippen LogP contribution in [-0.4, -0.2) is 58.0 Å². The number of carbonyl (C=O) groups is 3. The second kappa shape index (κ2) is 11.7. The van der Waals surface area contributed by atoms with Gasteiger partial charge in [-0.3, -0.25) is 9.59 Å². The smallest absolute Gasteiger partial charge is 0.408 e. The number of aryl methyl sites for hydroxylation is 1. The van der Waals surface area contributed by atoms with Gasteiger partial charge >= 0.3 is 6.09 Å². The third-order valence-electron chi connectivity index (χ3n) is 5.79. The maximum atomic E-state index is 14.1. The van der Waals surface area contributed by atoms with Crippen LogP contribution in [0.1, 0.15) is 78.5 Å². The molecule has 0 heterocycles. The van der Waals surface area contributed by atoms with E-state index < -0.39 is 29.3 Å². The molecule has 196 valence electrons. The van der Waals surface area contributed by atoms with Crippen molar-refractivity contribution in [2.24, 2.45) is 5.92 Å². The van der Waals surface area contributed by atoms with Gasteiger partial charge in [-0.1, -0.05) is 31.2 Å². The molecule has 1 fully saturated rings. The van der Waals surface area contributed by atoms with Gasteiger partial charge in [0.25, 0.3) is 0 Å². The fraction of sp³-hybridized carbons (Fsp3) is 0.667. The van der Waals surface area contributed by atoms with E-state index in [1.54, 1.807) is 37.4 Å². The van der Waals surface area contributed by atoms with Crippen molar-refractivity contribution in [2.45, 2.75) is 97.5 Å². The van der Waals surface area contributed by atoms with E-state index in [4.69, 9.17) is 4.74 Å². The Morgan fingerprint density at radius 3 is 2.23 bits per heavy atom. The average Bonchev–Trinajstić information content (AvgIpc) is 3.42. The van der Waals surface area contributed by atoms with Gasteiger partial charge < -0.3 is 20.3 Å². The SMILES string of the molecule is CSCCC(NC(=O)OC(C)(C)C)C(=O)N(C(C(=O)NC(C)(C)C)c1ccccc1C)C1CC1C. The van der Waals surface area contributed by atoms with E-state index in [-0.39, 0.29) is 23.8 Å². The molecular formula is C27H43N3O4S. The molecule has 0 bridgehead atoms. The average molecular weight is 506 g/mol.